The zero-order chi connectivity index (χ0) is 5.82. The van der Waals surface area contributed by atoms with Crippen LogP contribution in [0.5, 0.6) is 0 Å². The van der Waals surface area contributed by atoms with Crippen LogP contribution in [0.2, 0.25) is 0 Å². The van der Waals surface area contributed by atoms with Crippen molar-refractivity contribution in [3.63, 3.8) is 0 Å². The van der Waals surface area contributed by atoms with Crippen molar-refractivity contribution >= 4 is 0 Å². The lowest BCUT2D eigenvalue weighted by atomic mass is 10.3. The van der Waals surface area contributed by atoms with Crippen LogP contribution >= 0.6 is 0 Å². The van der Waals surface area contributed by atoms with Gasteiger partial charge in [0.05, 0.1) is 11.9 Å². The number of aryl methyl sites for hydroxylation is 1. The summed E-state index contributed by atoms with van der Waals surface area (Å²) in [5.74, 6) is 0. The van der Waals surface area contributed by atoms with E-state index in [0.29, 0.717) is 0 Å². The minimum atomic E-state index is 1.05. The SMILES string of the molecule is CCCc1cnn[nH]1. The molecule has 1 rings (SSSR count). The summed E-state index contributed by atoms with van der Waals surface area (Å²) in [7, 11) is 0. The molecule has 0 spiro atoms. The molecule has 0 aromatic carbocycles. The monoisotopic (exact) mass is 111 g/mol. The quantitative estimate of drug-likeness (QED) is 0.612. The lowest BCUT2D eigenvalue weighted by Gasteiger charge is -1.84. The molecule has 1 heterocycles. The van der Waals surface area contributed by atoms with Gasteiger partial charge in [0.15, 0.2) is 0 Å². The van der Waals surface area contributed by atoms with E-state index in [1.807, 2.05) is 0 Å². The first-order valence-corrected chi connectivity index (χ1v) is 2.78. The molecule has 3 nitrogen and oxygen atoms in total. The molecule has 0 radical (unpaired) electrons. The Bertz CT molecular complexity index is 133. The van der Waals surface area contributed by atoms with Gasteiger partial charge in [0.1, 0.15) is 0 Å². The summed E-state index contributed by atoms with van der Waals surface area (Å²) in [5, 5.41) is 9.98. The first kappa shape index (κ1) is 5.28. The molecule has 0 fully saturated rings. The second-order valence-electron chi connectivity index (χ2n) is 1.73. The topological polar surface area (TPSA) is 41.6 Å². The number of aromatic amines is 1. The summed E-state index contributed by atoms with van der Waals surface area (Å²) < 4.78 is 0. The molecule has 0 saturated heterocycles. The van der Waals surface area contributed by atoms with Gasteiger partial charge in [0.2, 0.25) is 0 Å². The van der Waals surface area contributed by atoms with Gasteiger partial charge in [-0.2, -0.15) is 0 Å². The van der Waals surface area contributed by atoms with E-state index in [2.05, 4.69) is 22.3 Å². The number of nitrogens with one attached hydrogen (secondary N) is 1. The maximum atomic E-state index is 3.64. The largest absolute Gasteiger partial charge is 0.262 e. The van der Waals surface area contributed by atoms with Crippen molar-refractivity contribution in [1.82, 2.24) is 15.4 Å². The molecule has 0 aliphatic rings. The summed E-state index contributed by atoms with van der Waals surface area (Å²) in [6, 6.07) is 0. The van der Waals surface area contributed by atoms with Gasteiger partial charge in [-0.05, 0) is 6.42 Å². The second kappa shape index (κ2) is 2.45. The highest BCUT2D eigenvalue weighted by molar-refractivity contribution is 4.89. The Kier molecular flexibility index (Phi) is 1.62. The highest BCUT2D eigenvalue weighted by Crippen LogP contribution is 1.92. The van der Waals surface area contributed by atoms with Gasteiger partial charge < -0.3 is 0 Å². The molecular weight excluding hydrogens is 102 g/mol. The van der Waals surface area contributed by atoms with Crippen LogP contribution in [-0.4, -0.2) is 15.4 Å². The average Bonchev–Trinajstić information content (AvgIpc) is 2.19. The van der Waals surface area contributed by atoms with E-state index in [-0.39, 0.29) is 0 Å². The van der Waals surface area contributed by atoms with Crippen LogP contribution in [0.4, 0.5) is 0 Å². The van der Waals surface area contributed by atoms with Crippen LogP contribution in [0, 0.1) is 0 Å². The van der Waals surface area contributed by atoms with Crippen LogP contribution in [0.25, 0.3) is 0 Å². The summed E-state index contributed by atoms with van der Waals surface area (Å²) in [6.07, 6.45) is 3.94. The van der Waals surface area contributed by atoms with E-state index in [9.17, 15) is 0 Å². The van der Waals surface area contributed by atoms with Crippen molar-refractivity contribution in [3.05, 3.63) is 11.9 Å². The van der Waals surface area contributed by atoms with Crippen LogP contribution in [0.15, 0.2) is 6.20 Å². The van der Waals surface area contributed by atoms with Crippen molar-refractivity contribution in [1.29, 1.82) is 0 Å². The third kappa shape index (κ3) is 1.05. The fourth-order valence-electron chi connectivity index (χ4n) is 0.610. The molecule has 44 valence electrons. The molecule has 0 bridgehead atoms. The van der Waals surface area contributed by atoms with E-state index >= 15 is 0 Å². The van der Waals surface area contributed by atoms with Gasteiger partial charge in [0.25, 0.3) is 0 Å². The number of hydrogen-bond acceptors (Lipinski definition) is 2. The minimum absolute atomic E-state index is 1.05. The predicted octanol–water partition coefficient (Wildman–Crippen LogP) is 0.757. The van der Waals surface area contributed by atoms with Gasteiger partial charge in [0, 0.05) is 0 Å². The molecule has 0 aliphatic heterocycles. The summed E-state index contributed by atoms with van der Waals surface area (Å²) in [6.45, 7) is 2.13. The standard InChI is InChI=1S/C5H9N3/c1-2-3-5-4-6-8-7-5/h4H,2-3H2,1H3,(H,6,7,8). The first-order chi connectivity index (χ1) is 3.93. The molecule has 0 amide bonds. The first-order valence-electron chi connectivity index (χ1n) is 2.78. The average molecular weight is 111 g/mol. The normalized spacial score (nSPS) is 9.62. The van der Waals surface area contributed by atoms with Crippen molar-refractivity contribution in [2.45, 2.75) is 19.8 Å². The fraction of sp³-hybridized carbons (Fsp3) is 0.600. The van der Waals surface area contributed by atoms with Gasteiger partial charge in [-0.1, -0.05) is 18.6 Å². The van der Waals surface area contributed by atoms with Gasteiger partial charge in [-0.25, -0.2) is 0 Å². The summed E-state index contributed by atoms with van der Waals surface area (Å²) in [4.78, 5) is 0. The van der Waals surface area contributed by atoms with Crippen LogP contribution < -0.4 is 0 Å². The van der Waals surface area contributed by atoms with Crippen LogP contribution in [-0.2, 0) is 6.42 Å². The zero-order valence-electron chi connectivity index (χ0n) is 4.89. The Hall–Kier alpha value is -0.860. The van der Waals surface area contributed by atoms with E-state index < -0.39 is 0 Å². The van der Waals surface area contributed by atoms with Crippen LogP contribution in [0.3, 0.4) is 0 Å². The molecule has 8 heavy (non-hydrogen) atoms. The van der Waals surface area contributed by atoms with Crippen molar-refractivity contribution in [3.8, 4) is 0 Å². The Labute approximate surface area is 48.1 Å². The van der Waals surface area contributed by atoms with Crippen molar-refractivity contribution < 1.29 is 0 Å². The van der Waals surface area contributed by atoms with E-state index in [0.717, 1.165) is 18.5 Å². The maximum Gasteiger partial charge on any atom is 0.0722 e. The number of aromatic nitrogens is 3. The highest BCUT2D eigenvalue weighted by atomic mass is 15.3. The van der Waals surface area contributed by atoms with E-state index in [4.69, 9.17) is 0 Å². The van der Waals surface area contributed by atoms with E-state index in [1.54, 1.807) is 6.20 Å². The third-order valence-electron chi connectivity index (χ3n) is 0.984. The number of H-pyrrole nitrogens is 1. The zero-order valence-corrected chi connectivity index (χ0v) is 4.89. The fourth-order valence-corrected chi connectivity index (χ4v) is 0.610. The van der Waals surface area contributed by atoms with E-state index in [1.165, 1.54) is 0 Å². The molecule has 0 aliphatic carbocycles. The molecule has 1 N–H and O–H groups in total. The molecule has 3 heteroatoms. The Balaban J connectivity index is 2.50. The molecule has 1 aromatic rings. The van der Waals surface area contributed by atoms with Crippen molar-refractivity contribution in [2.75, 3.05) is 0 Å². The second-order valence-corrected chi connectivity index (χ2v) is 1.73. The Morgan fingerprint density at radius 2 is 2.62 bits per heavy atom. The molecular formula is C5H9N3. The Morgan fingerprint density at radius 3 is 3.12 bits per heavy atom. The molecule has 1 aromatic heterocycles. The lowest BCUT2D eigenvalue weighted by Crippen LogP contribution is -1.80. The van der Waals surface area contributed by atoms with Gasteiger partial charge in [-0.3, -0.25) is 5.10 Å². The smallest absolute Gasteiger partial charge is 0.0722 e. The van der Waals surface area contributed by atoms with Gasteiger partial charge >= 0.3 is 0 Å². The third-order valence-corrected chi connectivity index (χ3v) is 0.984. The number of rotatable bonds is 2. The Morgan fingerprint density at radius 1 is 1.75 bits per heavy atom. The number of hydrogen-bond donors (Lipinski definition) is 1. The predicted molar refractivity (Wildman–Crippen MR) is 30.4 cm³/mol. The molecule has 0 unspecified atom stereocenters. The lowest BCUT2D eigenvalue weighted by molar-refractivity contribution is 0.853. The summed E-state index contributed by atoms with van der Waals surface area (Å²) in [5.41, 5.74) is 1.12. The van der Waals surface area contributed by atoms with Crippen LogP contribution in [0.1, 0.15) is 19.0 Å². The minimum Gasteiger partial charge on any atom is -0.262 e. The summed E-state index contributed by atoms with van der Waals surface area (Å²) >= 11 is 0. The highest BCUT2D eigenvalue weighted by Gasteiger charge is 1.88. The maximum absolute atomic E-state index is 3.64. The number of nitrogens with zero attached hydrogens (tertiary/aromatic N) is 2. The van der Waals surface area contributed by atoms with Gasteiger partial charge in [-0.15, -0.1) is 5.10 Å². The molecule has 0 saturated carbocycles. The van der Waals surface area contributed by atoms with Crippen molar-refractivity contribution in [2.24, 2.45) is 0 Å². The molecule has 0 atom stereocenters.